The van der Waals surface area contributed by atoms with Crippen LogP contribution in [0.1, 0.15) is 66.8 Å². The summed E-state index contributed by atoms with van der Waals surface area (Å²) in [7, 11) is 1.66. The van der Waals surface area contributed by atoms with Gasteiger partial charge in [-0.3, -0.25) is 9.59 Å². The molecule has 2 aromatic rings. The third-order valence-corrected chi connectivity index (χ3v) is 9.37. The van der Waals surface area contributed by atoms with Crippen LogP contribution in [-0.4, -0.2) is 61.3 Å². The van der Waals surface area contributed by atoms with Crippen LogP contribution in [0.4, 0.5) is 5.69 Å². The minimum absolute atomic E-state index is 0.00212. The number of ether oxygens (including phenoxy) is 2. The lowest BCUT2D eigenvalue weighted by molar-refractivity contribution is -0.137. The normalized spacial score (nSPS) is 19.4. The molecule has 1 unspecified atom stereocenters. The van der Waals surface area contributed by atoms with Crippen molar-refractivity contribution in [1.29, 1.82) is 0 Å². The first-order chi connectivity index (χ1) is 19.0. The molecule has 0 bridgehead atoms. The van der Waals surface area contributed by atoms with Crippen LogP contribution in [0.2, 0.25) is 0 Å². The largest absolute Gasteiger partial charge is 0.497 e. The molecule has 1 amide bonds. The number of rotatable bonds is 11. The SMILES string of the molecule is COc1ccc(C(=O)NC2CCSCC2)c(N2CCC(COc3cccc(C(CC(=O)O)C4CC4)c3)CC2)c1. The van der Waals surface area contributed by atoms with Crippen LogP contribution in [0.15, 0.2) is 42.5 Å². The molecule has 1 atom stereocenters. The van der Waals surface area contributed by atoms with Crippen LogP contribution in [0.5, 0.6) is 11.5 Å². The van der Waals surface area contributed by atoms with Crippen LogP contribution in [-0.2, 0) is 4.79 Å². The maximum atomic E-state index is 13.2. The lowest BCUT2D eigenvalue weighted by atomic mass is 9.91. The van der Waals surface area contributed by atoms with Crippen LogP contribution in [0.25, 0.3) is 0 Å². The number of thioether (sulfide) groups is 1. The standard InChI is InChI=1S/C31H40N2O5S/c1-37-25-7-8-27(31(36)32-24-11-15-39-16-12-24)29(18-25)33-13-9-21(10-14-33)20-38-26-4-2-3-23(17-26)28(19-30(34)35)22-5-6-22/h2-4,7-8,17-18,21-22,24,28H,5-6,9-16,19-20H2,1H3,(H,32,36)(H,34,35). The molecule has 5 rings (SSSR count). The molecule has 3 aliphatic rings. The molecule has 2 saturated heterocycles. The monoisotopic (exact) mass is 552 g/mol. The third-order valence-electron chi connectivity index (χ3n) is 8.32. The molecule has 39 heavy (non-hydrogen) atoms. The highest BCUT2D eigenvalue weighted by molar-refractivity contribution is 7.99. The number of hydrogen-bond acceptors (Lipinski definition) is 6. The van der Waals surface area contributed by atoms with E-state index >= 15 is 0 Å². The summed E-state index contributed by atoms with van der Waals surface area (Å²) < 4.78 is 11.7. The van der Waals surface area contributed by atoms with Gasteiger partial charge in [-0.15, -0.1) is 0 Å². The number of benzene rings is 2. The maximum absolute atomic E-state index is 13.2. The van der Waals surface area contributed by atoms with Crippen molar-refractivity contribution in [3.8, 4) is 11.5 Å². The van der Waals surface area contributed by atoms with E-state index in [4.69, 9.17) is 9.47 Å². The molecule has 0 radical (unpaired) electrons. The highest BCUT2D eigenvalue weighted by atomic mass is 32.2. The topological polar surface area (TPSA) is 88.1 Å². The summed E-state index contributed by atoms with van der Waals surface area (Å²) in [4.78, 5) is 26.9. The molecular weight excluding hydrogens is 512 g/mol. The van der Waals surface area contributed by atoms with E-state index < -0.39 is 5.97 Å². The summed E-state index contributed by atoms with van der Waals surface area (Å²) in [6, 6.07) is 14.0. The highest BCUT2D eigenvalue weighted by Gasteiger charge is 2.34. The van der Waals surface area contributed by atoms with Crippen molar-refractivity contribution < 1.29 is 24.2 Å². The fourth-order valence-electron chi connectivity index (χ4n) is 5.83. The number of nitrogens with zero attached hydrogens (tertiary/aromatic N) is 1. The second-order valence-corrected chi connectivity index (χ2v) is 12.3. The van der Waals surface area contributed by atoms with Crippen molar-refractivity contribution in [2.45, 2.75) is 56.9 Å². The number of hydrogen-bond donors (Lipinski definition) is 2. The van der Waals surface area contributed by atoms with Crippen LogP contribution in [0.3, 0.4) is 0 Å². The maximum Gasteiger partial charge on any atom is 0.303 e. The molecular formula is C31H40N2O5S. The molecule has 3 fully saturated rings. The molecule has 7 nitrogen and oxygen atoms in total. The van der Waals surface area contributed by atoms with Crippen molar-refractivity contribution in [3.63, 3.8) is 0 Å². The molecule has 8 heteroatoms. The Morgan fingerprint density at radius 2 is 1.79 bits per heavy atom. The first-order valence-corrected chi connectivity index (χ1v) is 15.4. The van der Waals surface area contributed by atoms with E-state index in [-0.39, 0.29) is 24.3 Å². The molecule has 0 spiro atoms. The molecule has 2 N–H and O–H groups in total. The second kappa shape index (κ2) is 13.0. The van der Waals surface area contributed by atoms with Gasteiger partial charge in [0.25, 0.3) is 5.91 Å². The Bertz CT molecular complexity index is 1140. The van der Waals surface area contributed by atoms with Gasteiger partial charge in [-0.05, 0) is 97.6 Å². The van der Waals surface area contributed by atoms with Gasteiger partial charge < -0.3 is 24.8 Å². The number of anilines is 1. The van der Waals surface area contributed by atoms with Crippen LogP contribution < -0.4 is 19.7 Å². The zero-order valence-electron chi connectivity index (χ0n) is 22.8. The number of methoxy groups -OCH3 is 1. The Kier molecular flexibility index (Phi) is 9.22. The smallest absolute Gasteiger partial charge is 0.303 e. The molecule has 210 valence electrons. The lowest BCUT2D eigenvalue weighted by Crippen LogP contribution is -2.40. The number of piperidine rings is 1. The van der Waals surface area contributed by atoms with E-state index in [1.165, 1.54) is 0 Å². The Balaban J connectivity index is 1.18. The average Bonchev–Trinajstić information content (AvgIpc) is 3.81. The van der Waals surface area contributed by atoms with Crippen molar-refractivity contribution in [1.82, 2.24) is 5.32 Å². The van der Waals surface area contributed by atoms with Gasteiger partial charge in [0.1, 0.15) is 11.5 Å². The molecule has 0 aromatic heterocycles. The van der Waals surface area contributed by atoms with Crippen LogP contribution >= 0.6 is 11.8 Å². The van der Waals surface area contributed by atoms with Gasteiger partial charge in [0.15, 0.2) is 0 Å². The summed E-state index contributed by atoms with van der Waals surface area (Å²) in [6.45, 7) is 2.34. The number of carbonyl (C=O) groups excluding carboxylic acids is 1. The Morgan fingerprint density at radius 3 is 2.49 bits per heavy atom. The predicted octanol–water partition coefficient (Wildman–Crippen LogP) is 5.58. The highest BCUT2D eigenvalue weighted by Crippen LogP contribution is 2.45. The van der Waals surface area contributed by atoms with E-state index in [1.54, 1.807) is 7.11 Å². The summed E-state index contributed by atoms with van der Waals surface area (Å²) in [5.74, 6) is 4.01. The number of carbonyl (C=O) groups is 2. The second-order valence-electron chi connectivity index (χ2n) is 11.1. The van der Waals surface area contributed by atoms with Gasteiger partial charge in [-0.25, -0.2) is 0 Å². The summed E-state index contributed by atoms with van der Waals surface area (Å²) in [5.41, 5.74) is 2.73. The van der Waals surface area contributed by atoms with Gasteiger partial charge in [-0.1, -0.05) is 12.1 Å². The van der Waals surface area contributed by atoms with Crippen molar-refractivity contribution >= 4 is 29.3 Å². The molecule has 2 aromatic carbocycles. The predicted molar refractivity (Wildman–Crippen MR) is 155 cm³/mol. The number of nitrogens with one attached hydrogen (secondary N) is 1. The number of amides is 1. The van der Waals surface area contributed by atoms with Gasteiger partial charge in [0.05, 0.1) is 31.4 Å². The average molecular weight is 553 g/mol. The van der Waals surface area contributed by atoms with Crippen molar-refractivity contribution in [3.05, 3.63) is 53.6 Å². The van der Waals surface area contributed by atoms with Gasteiger partial charge in [0, 0.05) is 25.2 Å². The zero-order valence-corrected chi connectivity index (χ0v) is 23.6. The third kappa shape index (κ3) is 7.41. The summed E-state index contributed by atoms with van der Waals surface area (Å²) in [6.07, 6.45) is 6.39. The lowest BCUT2D eigenvalue weighted by Gasteiger charge is -2.35. The summed E-state index contributed by atoms with van der Waals surface area (Å²) in [5, 5.41) is 12.6. The molecule has 1 aliphatic carbocycles. The number of carboxylic acids is 1. The van der Waals surface area contributed by atoms with E-state index in [1.807, 2.05) is 54.2 Å². The Labute approximate surface area is 235 Å². The molecule has 1 saturated carbocycles. The fourth-order valence-corrected chi connectivity index (χ4v) is 6.94. The van der Waals surface area contributed by atoms with Gasteiger partial charge >= 0.3 is 5.97 Å². The minimum atomic E-state index is -0.741. The van der Waals surface area contributed by atoms with Crippen molar-refractivity contribution in [2.24, 2.45) is 11.8 Å². The first kappa shape index (κ1) is 27.7. The van der Waals surface area contributed by atoms with Crippen molar-refractivity contribution in [2.75, 3.05) is 43.2 Å². The number of carboxylic acid groups (broad SMARTS) is 1. The van der Waals surface area contributed by atoms with E-state index in [2.05, 4.69) is 10.2 Å². The van der Waals surface area contributed by atoms with Gasteiger partial charge in [0.2, 0.25) is 0 Å². The van der Waals surface area contributed by atoms with Gasteiger partial charge in [-0.2, -0.15) is 11.8 Å². The quantitative estimate of drug-likeness (QED) is 0.376. The fraction of sp³-hybridized carbons (Fsp3) is 0.548. The van der Waals surface area contributed by atoms with E-state index in [0.29, 0.717) is 24.0 Å². The minimum Gasteiger partial charge on any atom is -0.497 e. The van der Waals surface area contributed by atoms with Crippen LogP contribution in [0, 0.1) is 11.8 Å². The molecule has 2 heterocycles. The molecule has 2 aliphatic heterocycles. The summed E-state index contributed by atoms with van der Waals surface area (Å²) >= 11 is 1.95. The Hall–Kier alpha value is -2.87. The van der Waals surface area contributed by atoms with E-state index in [9.17, 15) is 14.7 Å². The first-order valence-electron chi connectivity index (χ1n) is 14.3. The number of aliphatic carboxylic acids is 1. The zero-order chi connectivity index (χ0) is 27.2. The Morgan fingerprint density at radius 1 is 1.03 bits per heavy atom. The van der Waals surface area contributed by atoms with E-state index in [0.717, 1.165) is 85.9 Å².